The number of ether oxygens (including phenoxy) is 1. The van der Waals surface area contributed by atoms with Crippen molar-refractivity contribution in [3.8, 4) is 16.9 Å². The van der Waals surface area contributed by atoms with E-state index in [-0.39, 0.29) is 24.2 Å². The van der Waals surface area contributed by atoms with E-state index in [0.29, 0.717) is 11.3 Å². The van der Waals surface area contributed by atoms with Crippen LogP contribution in [0.25, 0.3) is 11.1 Å². The second-order valence-corrected chi connectivity index (χ2v) is 5.59. The maximum Gasteiger partial charge on any atom is 0.417 e. The molecule has 1 heterocycles. The maximum absolute atomic E-state index is 13.4. The topological polar surface area (TPSA) is 46.6 Å². The summed E-state index contributed by atoms with van der Waals surface area (Å²) in [5.74, 6) is -0.817. The molecule has 0 atom stereocenters. The first-order chi connectivity index (χ1) is 11.8. The first-order valence-electron chi connectivity index (χ1n) is 7.51. The van der Waals surface area contributed by atoms with E-state index >= 15 is 0 Å². The quantitative estimate of drug-likeness (QED) is 0.794. The summed E-state index contributed by atoms with van der Waals surface area (Å²) in [4.78, 5) is 24.5. The number of methoxy groups -OCH3 is 1. The van der Waals surface area contributed by atoms with Crippen molar-refractivity contribution in [3.63, 3.8) is 0 Å². The Morgan fingerprint density at radius 3 is 2.44 bits per heavy atom. The summed E-state index contributed by atoms with van der Waals surface area (Å²) in [6.45, 7) is 0.167. The summed E-state index contributed by atoms with van der Waals surface area (Å²) < 4.78 is 45.3. The van der Waals surface area contributed by atoms with Crippen LogP contribution in [0.1, 0.15) is 12.0 Å². The molecule has 1 saturated heterocycles. The van der Waals surface area contributed by atoms with Crippen molar-refractivity contribution in [2.24, 2.45) is 0 Å². The third kappa shape index (κ3) is 3.22. The van der Waals surface area contributed by atoms with Gasteiger partial charge in [-0.15, -0.1) is 0 Å². The molecule has 0 spiro atoms. The molecule has 0 radical (unpaired) electrons. The zero-order chi connectivity index (χ0) is 18.2. The number of nitrogens with zero attached hydrogens (tertiary/aromatic N) is 1. The molecule has 0 bridgehead atoms. The van der Waals surface area contributed by atoms with Gasteiger partial charge in [0.2, 0.25) is 5.78 Å². The minimum atomic E-state index is -4.55. The second kappa shape index (κ2) is 6.23. The zero-order valence-corrected chi connectivity index (χ0v) is 13.3. The lowest BCUT2D eigenvalue weighted by Gasteiger charge is -2.19. The van der Waals surface area contributed by atoms with E-state index in [1.807, 2.05) is 0 Å². The average molecular weight is 349 g/mol. The molecule has 0 N–H and O–H groups in total. The van der Waals surface area contributed by atoms with E-state index in [1.165, 1.54) is 36.3 Å². The van der Waals surface area contributed by atoms with Gasteiger partial charge in [-0.1, -0.05) is 12.1 Å². The van der Waals surface area contributed by atoms with Crippen molar-refractivity contribution in [2.75, 3.05) is 18.6 Å². The molecular formula is C18H14F3NO3. The summed E-state index contributed by atoms with van der Waals surface area (Å²) in [5.41, 5.74) is -0.313. The van der Waals surface area contributed by atoms with Gasteiger partial charge >= 0.3 is 6.18 Å². The van der Waals surface area contributed by atoms with Crippen LogP contribution in [-0.4, -0.2) is 25.3 Å². The van der Waals surface area contributed by atoms with Crippen molar-refractivity contribution < 1.29 is 27.5 Å². The Balaban J connectivity index is 2.14. The largest absolute Gasteiger partial charge is 0.497 e. The van der Waals surface area contributed by atoms with Gasteiger partial charge in [-0.05, 0) is 41.5 Å². The van der Waals surface area contributed by atoms with E-state index in [0.717, 1.165) is 6.07 Å². The number of carbonyl (C=O) groups is 2. The fourth-order valence-corrected chi connectivity index (χ4v) is 2.80. The van der Waals surface area contributed by atoms with Crippen LogP contribution < -0.4 is 9.64 Å². The number of Topliss-reactive ketones (excluding diaryl/α,β-unsaturated/α-hetero) is 1. The molecule has 2 aromatic rings. The number of halogens is 3. The summed E-state index contributed by atoms with van der Waals surface area (Å²) in [6, 6.07) is 9.67. The molecule has 0 aliphatic carbocycles. The lowest BCUT2D eigenvalue weighted by atomic mass is 9.98. The molecule has 7 heteroatoms. The van der Waals surface area contributed by atoms with E-state index in [4.69, 9.17) is 4.74 Å². The summed E-state index contributed by atoms with van der Waals surface area (Å²) >= 11 is 0. The Morgan fingerprint density at radius 2 is 1.84 bits per heavy atom. The Morgan fingerprint density at radius 1 is 1.08 bits per heavy atom. The van der Waals surface area contributed by atoms with Crippen LogP contribution in [0.3, 0.4) is 0 Å². The van der Waals surface area contributed by atoms with E-state index in [2.05, 4.69) is 0 Å². The van der Waals surface area contributed by atoms with Crippen LogP contribution in [0.5, 0.6) is 5.75 Å². The lowest BCUT2D eigenvalue weighted by molar-refractivity contribution is -0.137. The van der Waals surface area contributed by atoms with Crippen molar-refractivity contribution in [1.82, 2.24) is 0 Å². The number of ketones is 1. The van der Waals surface area contributed by atoms with Crippen molar-refractivity contribution in [2.45, 2.75) is 12.6 Å². The molecule has 0 aromatic heterocycles. The molecule has 1 amide bonds. The number of hydrogen-bond donors (Lipinski definition) is 0. The summed E-state index contributed by atoms with van der Waals surface area (Å²) in [7, 11) is 1.43. The number of hydrogen-bond acceptors (Lipinski definition) is 3. The number of carbonyl (C=O) groups excluding carboxylic acids is 2. The first kappa shape index (κ1) is 17.0. The standard InChI is InChI=1S/C18H14F3NO3/c1-25-13-4-2-3-11(9-13)14-10-12(5-6-15(14)18(19,20)21)22-8-7-16(23)17(22)24/h2-6,9-10H,7-8H2,1H3. The highest BCUT2D eigenvalue weighted by molar-refractivity contribution is 6.43. The number of anilines is 1. The summed E-state index contributed by atoms with van der Waals surface area (Å²) in [6.07, 6.45) is -4.49. The molecule has 1 fully saturated rings. The number of benzene rings is 2. The van der Waals surface area contributed by atoms with Crippen molar-refractivity contribution >= 4 is 17.4 Å². The van der Waals surface area contributed by atoms with Crippen LogP contribution in [-0.2, 0) is 15.8 Å². The highest BCUT2D eigenvalue weighted by atomic mass is 19.4. The van der Waals surface area contributed by atoms with E-state index in [9.17, 15) is 22.8 Å². The second-order valence-electron chi connectivity index (χ2n) is 5.59. The van der Waals surface area contributed by atoms with Crippen LogP contribution in [0.4, 0.5) is 18.9 Å². The van der Waals surface area contributed by atoms with Crippen LogP contribution >= 0.6 is 0 Å². The minimum Gasteiger partial charge on any atom is -0.497 e. The average Bonchev–Trinajstić information content (AvgIpc) is 2.93. The van der Waals surface area contributed by atoms with E-state index in [1.54, 1.807) is 12.1 Å². The molecule has 25 heavy (non-hydrogen) atoms. The summed E-state index contributed by atoms with van der Waals surface area (Å²) in [5, 5.41) is 0. The molecule has 3 rings (SSSR count). The SMILES string of the molecule is COc1cccc(-c2cc(N3CCC(=O)C3=O)ccc2C(F)(F)F)c1. The van der Waals surface area contributed by atoms with Gasteiger partial charge in [0, 0.05) is 18.7 Å². The first-order valence-corrected chi connectivity index (χ1v) is 7.51. The van der Waals surface area contributed by atoms with Crippen molar-refractivity contribution in [1.29, 1.82) is 0 Å². The Labute approximate surface area is 141 Å². The van der Waals surface area contributed by atoms with Gasteiger partial charge in [-0.25, -0.2) is 0 Å². The smallest absolute Gasteiger partial charge is 0.417 e. The van der Waals surface area contributed by atoms with Gasteiger partial charge in [0.25, 0.3) is 5.91 Å². The Hall–Kier alpha value is -2.83. The molecule has 0 saturated carbocycles. The predicted molar refractivity (Wildman–Crippen MR) is 85.4 cm³/mol. The normalized spacial score (nSPS) is 15.0. The van der Waals surface area contributed by atoms with Gasteiger partial charge in [0.1, 0.15) is 5.75 Å². The fourth-order valence-electron chi connectivity index (χ4n) is 2.80. The highest BCUT2D eigenvalue weighted by Gasteiger charge is 2.36. The fraction of sp³-hybridized carbons (Fsp3) is 0.222. The maximum atomic E-state index is 13.4. The molecule has 0 unspecified atom stereocenters. The zero-order valence-electron chi connectivity index (χ0n) is 13.3. The molecular weight excluding hydrogens is 335 g/mol. The lowest BCUT2D eigenvalue weighted by Crippen LogP contribution is -2.27. The van der Waals surface area contributed by atoms with Gasteiger partial charge in [0.05, 0.1) is 12.7 Å². The Kier molecular flexibility index (Phi) is 4.24. The van der Waals surface area contributed by atoms with Crippen LogP contribution in [0.2, 0.25) is 0 Å². The number of rotatable bonds is 3. The number of amides is 1. The van der Waals surface area contributed by atoms with Gasteiger partial charge in [-0.2, -0.15) is 13.2 Å². The third-order valence-electron chi connectivity index (χ3n) is 4.05. The molecule has 1 aliphatic heterocycles. The van der Waals surface area contributed by atoms with Crippen LogP contribution in [0.15, 0.2) is 42.5 Å². The monoisotopic (exact) mass is 349 g/mol. The van der Waals surface area contributed by atoms with Crippen molar-refractivity contribution in [3.05, 3.63) is 48.0 Å². The highest BCUT2D eigenvalue weighted by Crippen LogP contribution is 2.40. The van der Waals surface area contributed by atoms with Gasteiger partial charge < -0.3 is 9.64 Å². The van der Waals surface area contributed by atoms with Crippen LogP contribution in [0, 0.1) is 0 Å². The van der Waals surface area contributed by atoms with Gasteiger partial charge in [0.15, 0.2) is 0 Å². The predicted octanol–water partition coefficient (Wildman–Crippen LogP) is 3.69. The number of alkyl halides is 3. The molecule has 130 valence electrons. The van der Waals surface area contributed by atoms with Gasteiger partial charge in [-0.3, -0.25) is 9.59 Å². The minimum absolute atomic E-state index is 0.0638. The molecule has 4 nitrogen and oxygen atoms in total. The molecule has 2 aromatic carbocycles. The third-order valence-corrected chi connectivity index (χ3v) is 4.05. The molecule has 1 aliphatic rings. The van der Waals surface area contributed by atoms with E-state index < -0.39 is 23.4 Å². The Bertz CT molecular complexity index is 846.